The normalized spacial score (nSPS) is 25.6. The van der Waals surface area contributed by atoms with Crippen LogP contribution in [0.15, 0.2) is 0 Å². The summed E-state index contributed by atoms with van der Waals surface area (Å²) in [7, 11) is 1.75. The van der Waals surface area contributed by atoms with E-state index >= 15 is 0 Å². The van der Waals surface area contributed by atoms with Crippen molar-refractivity contribution in [2.75, 3.05) is 26.7 Å². The van der Waals surface area contributed by atoms with Gasteiger partial charge < -0.3 is 15.0 Å². The van der Waals surface area contributed by atoms with Gasteiger partial charge in [0.1, 0.15) is 0 Å². The van der Waals surface area contributed by atoms with Crippen LogP contribution in [0.25, 0.3) is 0 Å². The van der Waals surface area contributed by atoms with Gasteiger partial charge in [-0.2, -0.15) is 0 Å². The zero-order chi connectivity index (χ0) is 14.6. The van der Waals surface area contributed by atoms with Gasteiger partial charge in [0, 0.05) is 26.2 Å². The smallest absolute Gasteiger partial charge is 0.225 e. The third-order valence-corrected chi connectivity index (χ3v) is 4.86. The lowest BCUT2D eigenvalue weighted by Crippen LogP contribution is -2.48. The Hall–Kier alpha value is -0.610. The summed E-state index contributed by atoms with van der Waals surface area (Å²) in [6.45, 7) is 7.21. The molecule has 0 bridgehead atoms. The van der Waals surface area contributed by atoms with Crippen LogP contribution in [-0.4, -0.2) is 49.2 Å². The molecule has 20 heavy (non-hydrogen) atoms. The predicted octanol–water partition coefficient (Wildman–Crippen LogP) is 2.18. The molecule has 0 aromatic heterocycles. The van der Waals surface area contributed by atoms with Gasteiger partial charge in [-0.05, 0) is 44.6 Å². The molecule has 1 saturated heterocycles. The van der Waals surface area contributed by atoms with Crippen LogP contribution in [0.2, 0.25) is 0 Å². The number of carbonyl (C=O) groups is 1. The number of carbonyl (C=O) groups excluding carboxylic acids is 1. The molecular weight excluding hydrogens is 252 g/mol. The van der Waals surface area contributed by atoms with Gasteiger partial charge in [0.15, 0.2) is 0 Å². The number of methoxy groups -OCH3 is 1. The van der Waals surface area contributed by atoms with E-state index < -0.39 is 0 Å². The van der Waals surface area contributed by atoms with Crippen molar-refractivity contribution in [1.29, 1.82) is 0 Å². The summed E-state index contributed by atoms with van der Waals surface area (Å²) in [6.07, 6.45) is 6.23. The molecule has 1 aliphatic carbocycles. The number of amides is 1. The molecule has 1 unspecified atom stereocenters. The molecule has 4 heteroatoms. The van der Waals surface area contributed by atoms with Crippen molar-refractivity contribution in [2.45, 2.75) is 64.0 Å². The third-order valence-electron chi connectivity index (χ3n) is 4.86. The van der Waals surface area contributed by atoms with Crippen molar-refractivity contribution in [3.05, 3.63) is 0 Å². The fourth-order valence-electron chi connectivity index (χ4n) is 3.27. The first-order valence-corrected chi connectivity index (χ1v) is 8.11. The van der Waals surface area contributed by atoms with Crippen LogP contribution in [0.1, 0.15) is 52.4 Å². The molecule has 1 saturated carbocycles. The van der Waals surface area contributed by atoms with Gasteiger partial charge in [-0.15, -0.1) is 0 Å². The number of nitrogens with zero attached hydrogens (tertiary/aromatic N) is 1. The van der Waals surface area contributed by atoms with E-state index in [-0.39, 0.29) is 5.60 Å². The molecule has 0 aromatic rings. The fraction of sp³-hybridized carbons (Fsp3) is 0.938. The summed E-state index contributed by atoms with van der Waals surface area (Å²) in [6, 6.07) is 0.521. The molecule has 116 valence electrons. The number of hydrogen-bond acceptors (Lipinski definition) is 3. The highest BCUT2D eigenvalue weighted by Crippen LogP contribution is 2.38. The Bertz CT molecular complexity index is 321. The summed E-state index contributed by atoms with van der Waals surface area (Å²) in [5.74, 6) is 0.899. The van der Waals surface area contributed by atoms with E-state index in [2.05, 4.69) is 24.1 Å². The van der Waals surface area contributed by atoms with Crippen molar-refractivity contribution < 1.29 is 9.53 Å². The van der Waals surface area contributed by atoms with Gasteiger partial charge in [-0.25, -0.2) is 0 Å². The van der Waals surface area contributed by atoms with Crippen LogP contribution in [0.3, 0.4) is 0 Å². The lowest BCUT2D eigenvalue weighted by atomic mass is 9.77. The molecule has 2 rings (SSSR count). The Kier molecular flexibility index (Phi) is 5.44. The average Bonchev–Trinajstić information content (AvgIpc) is 2.40. The summed E-state index contributed by atoms with van der Waals surface area (Å²) >= 11 is 0. The molecule has 1 heterocycles. The highest BCUT2D eigenvalue weighted by atomic mass is 16.5. The molecule has 4 nitrogen and oxygen atoms in total. The Labute approximate surface area is 123 Å². The van der Waals surface area contributed by atoms with Crippen LogP contribution in [-0.2, 0) is 9.53 Å². The first-order chi connectivity index (χ1) is 9.54. The van der Waals surface area contributed by atoms with Crippen LogP contribution in [0.5, 0.6) is 0 Å². The number of rotatable bonds is 6. The monoisotopic (exact) mass is 282 g/mol. The van der Waals surface area contributed by atoms with Crippen molar-refractivity contribution in [1.82, 2.24) is 10.2 Å². The second kappa shape index (κ2) is 6.90. The number of ether oxygens (including phenoxy) is 1. The minimum atomic E-state index is -0.139. The first kappa shape index (κ1) is 15.8. The zero-order valence-corrected chi connectivity index (χ0v) is 13.3. The molecule has 1 amide bonds. The highest BCUT2D eigenvalue weighted by molar-refractivity contribution is 5.77. The van der Waals surface area contributed by atoms with E-state index in [4.69, 9.17) is 4.74 Å². The van der Waals surface area contributed by atoms with Gasteiger partial charge >= 0.3 is 0 Å². The maximum atomic E-state index is 12.5. The van der Waals surface area contributed by atoms with Gasteiger partial charge in [0.05, 0.1) is 12.0 Å². The van der Waals surface area contributed by atoms with Gasteiger partial charge in [0.25, 0.3) is 0 Å². The van der Waals surface area contributed by atoms with Crippen LogP contribution in [0.4, 0.5) is 0 Å². The van der Waals surface area contributed by atoms with Crippen molar-refractivity contribution in [3.63, 3.8) is 0 Å². The minimum absolute atomic E-state index is 0.139. The minimum Gasteiger partial charge on any atom is -0.378 e. The largest absolute Gasteiger partial charge is 0.378 e. The van der Waals surface area contributed by atoms with Gasteiger partial charge in [0.2, 0.25) is 5.91 Å². The number of hydrogen-bond donors (Lipinski definition) is 1. The second-order valence-corrected chi connectivity index (χ2v) is 6.83. The van der Waals surface area contributed by atoms with Crippen LogP contribution in [0, 0.1) is 5.92 Å². The molecule has 1 atom stereocenters. The molecule has 2 aliphatic rings. The van der Waals surface area contributed by atoms with Gasteiger partial charge in [-0.3, -0.25) is 4.79 Å². The molecule has 0 radical (unpaired) electrons. The molecule has 0 aromatic carbocycles. The summed E-state index contributed by atoms with van der Waals surface area (Å²) in [5, 5.41) is 3.49. The van der Waals surface area contributed by atoms with E-state index in [0.717, 1.165) is 38.9 Å². The van der Waals surface area contributed by atoms with E-state index in [0.29, 0.717) is 24.3 Å². The Morgan fingerprint density at radius 2 is 2.15 bits per heavy atom. The van der Waals surface area contributed by atoms with Crippen molar-refractivity contribution in [3.8, 4) is 0 Å². The maximum absolute atomic E-state index is 12.5. The Morgan fingerprint density at radius 3 is 2.70 bits per heavy atom. The maximum Gasteiger partial charge on any atom is 0.225 e. The Balaban J connectivity index is 1.80. The Morgan fingerprint density at radius 1 is 1.40 bits per heavy atom. The SMILES string of the molecule is COC1(CC(=O)N2CCCC(CNC(C)C)C2)CCC1. The van der Waals surface area contributed by atoms with E-state index in [9.17, 15) is 4.79 Å². The van der Waals surface area contributed by atoms with Gasteiger partial charge in [-0.1, -0.05) is 13.8 Å². The second-order valence-electron chi connectivity index (χ2n) is 6.83. The van der Waals surface area contributed by atoms with E-state index in [1.807, 2.05) is 0 Å². The summed E-state index contributed by atoms with van der Waals surface area (Å²) in [5.41, 5.74) is -0.139. The van der Waals surface area contributed by atoms with E-state index in [1.54, 1.807) is 7.11 Å². The van der Waals surface area contributed by atoms with Crippen LogP contribution >= 0.6 is 0 Å². The van der Waals surface area contributed by atoms with E-state index in [1.165, 1.54) is 12.8 Å². The average molecular weight is 282 g/mol. The quantitative estimate of drug-likeness (QED) is 0.812. The molecule has 1 N–H and O–H groups in total. The highest BCUT2D eigenvalue weighted by Gasteiger charge is 2.40. The zero-order valence-electron chi connectivity index (χ0n) is 13.3. The third kappa shape index (κ3) is 3.95. The van der Waals surface area contributed by atoms with Crippen molar-refractivity contribution in [2.24, 2.45) is 5.92 Å². The number of nitrogens with one attached hydrogen (secondary N) is 1. The number of piperidine rings is 1. The lowest BCUT2D eigenvalue weighted by Gasteiger charge is -2.42. The molecular formula is C16H30N2O2. The standard InChI is InChI=1S/C16H30N2O2/c1-13(2)17-11-14-6-4-9-18(12-14)15(19)10-16(20-3)7-5-8-16/h13-14,17H,4-12H2,1-3H3. The topological polar surface area (TPSA) is 41.6 Å². The fourth-order valence-corrected chi connectivity index (χ4v) is 3.27. The number of likely N-dealkylation sites (tertiary alicyclic amines) is 1. The van der Waals surface area contributed by atoms with Crippen LogP contribution < -0.4 is 5.32 Å². The molecule has 0 spiro atoms. The lowest BCUT2D eigenvalue weighted by molar-refractivity contribution is -0.145. The summed E-state index contributed by atoms with van der Waals surface area (Å²) < 4.78 is 5.58. The predicted molar refractivity (Wildman–Crippen MR) is 80.7 cm³/mol. The first-order valence-electron chi connectivity index (χ1n) is 8.11. The van der Waals surface area contributed by atoms with Crippen molar-refractivity contribution >= 4 is 5.91 Å². The summed E-state index contributed by atoms with van der Waals surface area (Å²) in [4.78, 5) is 14.5. The molecule has 2 fully saturated rings. The molecule has 1 aliphatic heterocycles.